The maximum absolute atomic E-state index is 13.1. The number of benzene rings is 1. The summed E-state index contributed by atoms with van der Waals surface area (Å²) < 4.78 is 1.74. The largest absolute Gasteiger partial charge is 0.361 e. The Morgan fingerprint density at radius 2 is 2.14 bits per heavy atom. The summed E-state index contributed by atoms with van der Waals surface area (Å²) in [5, 5.41) is 14.2. The number of carbonyl (C=O) groups excluding carboxylic acids is 2. The summed E-state index contributed by atoms with van der Waals surface area (Å²) in [7, 11) is 3.45. The number of amides is 2. The second-order valence-corrected chi connectivity index (χ2v) is 7.56. The molecule has 0 bridgehead atoms. The van der Waals surface area contributed by atoms with Crippen LogP contribution in [0.1, 0.15) is 17.0 Å². The highest BCUT2D eigenvalue weighted by Gasteiger charge is 2.36. The molecular weight excluding hydrogens is 368 g/mol. The smallest absolute Gasteiger partial charge is 0.242 e. The van der Waals surface area contributed by atoms with Crippen molar-refractivity contribution in [3.63, 3.8) is 0 Å². The molecule has 3 aromatic rings. The fourth-order valence-electron chi connectivity index (χ4n) is 4.12. The van der Waals surface area contributed by atoms with E-state index < -0.39 is 6.04 Å². The van der Waals surface area contributed by atoms with E-state index in [0.29, 0.717) is 13.0 Å². The fraction of sp³-hybridized carbons (Fsp3) is 0.381. The van der Waals surface area contributed by atoms with Crippen molar-refractivity contribution < 1.29 is 9.59 Å². The topological polar surface area (TPSA) is 104 Å². The van der Waals surface area contributed by atoms with Gasteiger partial charge in [-0.15, -0.1) is 0 Å². The zero-order valence-electron chi connectivity index (χ0n) is 16.6. The molecular formula is C21H26N6O2. The summed E-state index contributed by atoms with van der Waals surface area (Å²) >= 11 is 0. The van der Waals surface area contributed by atoms with Gasteiger partial charge in [0.15, 0.2) is 0 Å². The maximum Gasteiger partial charge on any atom is 0.242 e. The van der Waals surface area contributed by atoms with Crippen LogP contribution < -0.4 is 16.0 Å². The second-order valence-electron chi connectivity index (χ2n) is 7.56. The average Bonchev–Trinajstić information content (AvgIpc) is 3.46. The van der Waals surface area contributed by atoms with Crippen LogP contribution in [0.4, 0.5) is 0 Å². The SMILES string of the molecule is CNC(=O)[C@H](Cc1c[nH]c2ccccc12)NC(=O)[C@H]1CNC[C@@H]1c1cnn(C)c1. The van der Waals surface area contributed by atoms with Gasteiger partial charge in [0.1, 0.15) is 6.04 Å². The number of nitrogens with zero attached hydrogens (tertiary/aromatic N) is 2. The van der Waals surface area contributed by atoms with Crippen molar-refractivity contribution in [2.45, 2.75) is 18.4 Å². The van der Waals surface area contributed by atoms with Crippen LogP contribution in [0.2, 0.25) is 0 Å². The molecule has 1 saturated heterocycles. The molecule has 8 heteroatoms. The molecule has 29 heavy (non-hydrogen) atoms. The standard InChI is InChI=1S/C21H26N6O2/c1-22-21(29)19(7-13-8-24-18-6-4-3-5-15(13)18)26-20(28)17-11-23-10-16(17)14-9-25-27(2)12-14/h3-6,8-9,12,16-17,19,23-24H,7,10-11H2,1-2H3,(H,22,29)(H,26,28)/t16-,17+,19+/m1/s1. The van der Waals surface area contributed by atoms with Crippen molar-refractivity contribution in [1.29, 1.82) is 0 Å². The van der Waals surface area contributed by atoms with Gasteiger partial charge in [-0.1, -0.05) is 18.2 Å². The van der Waals surface area contributed by atoms with Crippen LogP contribution in [-0.4, -0.2) is 52.8 Å². The predicted octanol–water partition coefficient (Wildman–Crippen LogP) is 0.678. The zero-order valence-corrected chi connectivity index (χ0v) is 16.6. The minimum atomic E-state index is -0.637. The van der Waals surface area contributed by atoms with Gasteiger partial charge in [-0.05, 0) is 17.2 Å². The van der Waals surface area contributed by atoms with E-state index >= 15 is 0 Å². The lowest BCUT2D eigenvalue weighted by atomic mass is 9.90. The minimum Gasteiger partial charge on any atom is -0.361 e. The molecule has 0 spiro atoms. The number of H-pyrrole nitrogens is 1. The summed E-state index contributed by atoms with van der Waals surface area (Å²) in [6.45, 7) is 1.30. The number of rotatable bonds is 6. The Hall–Kier alpha value is -3.13. The maximum atomic E-state index is 13.1. The minimum absolute atomic E-state index is 0.0436. The summed E-state index contributed by atoms with van der Waals surface area (Å²) in [4.78, 5) is 28.8. The summed E-state index contributed by atoms with van der Waals surface area (Å²) in [5.74, 6) is -0.513. The fourth-order valence-corrected chi connectivity index (χ4v) is 4.12. The number of carbonyl (C=O) groups is 2. The lowest BCUT2D eigenvalue weighted by molar-refractivity contribution is -0.130. The average molecular weight is 394 g/mol. The highest BCUT2D eigenvalue weighted by molar-refractivity contribution is 5.90. The Bertz CT molecular complexity index is 1020. The molecule has 0 saturated carbocycles. The number of aromatic amines is 1. The van der Waals surface area contributed by atoms with Crippen molar-refractivity contribution in [3.8, 4) is 0 Å². The summed E-state index contributed by atoms with van der Waals surface area (Å²) in [6, 6.07) is 7.31. The number of para-hydroxylation sites is 1. The number of likely N-dealkylation sites (N-methyl/N-ethyl adjacent to an activating group) is 1. The molecule has 1 aliphatic rings. The van der Waals surface area contributed by atoms with E-state index in [-0.39, 0.29) is 23.7 Å². The van der Waals surface area contributed by atoms with Crippen molar-refractivity contribution in [2.75, 3.05) is 20.1 Å². The van der Waals surface area contributed by atoms with Gasteiger partial charge in [0, 0.05) is 62.8 Å². The van der Waals surface area contributed by atoms with Crippen LogP contribution in [0.3, 0.4) is 0 Å². The van der Waals surface area contributed by atoms with E-state index in [1.807, 2.05) is 43.7 Å². The van der Waals surface area contributed by atoms with E-state index in [2.05, 4.69) is 26.0 Å². The second kappa shape index (κ2) is 8.08. The highest BCUT2D eigenvalue weighted by atomic mass is 16.2. The van der Waals surface area contributed by atoms with Gasteiger partial charge in [-0.2, -0.15) is 5.10 Å². The number of hydrogen-bond acceptors (Lipinski definition) is 4. The van der Waals surface area contributed by atoms with Crippen LogP contribution in [0, 0.1) is 5.92 Å². The van der Waals surface area contributed by atoms with Crippen molar-refractivity contribution in [2.24, 2.45) is 13.0 Å². The van der Waals surface area contributed by atoms with Crippen molar-refractivity contribution in [3.05, 3.63) is 54.0 Å². The number of nitrogens with one attached hydrogen (secondary N) is 4. The molecule has 3 heterocycles. The lowest BCUT2D eigenvalue weighted by Crippen LogP contribution is -2.49. The molecule has 2 amide bonds. The van der Waals surface area contributed by atoms with Gasteiger partial charge in [-0.3, -0.25) is 14.3 Å². The number of aromatic nitrogens is 3. The zero-order chi connectivity index (χ0) is 20.4. The van der Waals surface area contributed by atoms with Gasteiger partial charge in [0.25, 0.3) is 0 Å². The first kappa shape index (κ1) is 19.2. The first-order valence-corrected chi connectivity index (χ1v) is 9.83. The van der Waals surface area contributed by atoms with Gasteiger partial charge >= 0.3 is 0 Å². The first-order chi connectivity index (χ1) is 14.1. The molecule has 1 aromatic carbocycles. The molecule has 3 atom stereocenters. The third-order valence-electron chi connectivity index (χ3n) is 5.68. The van der Waals surface area contributed by atoms with E-state index in [1.165, 1.54) is 0 Å². The van der Waals surface area contributed by atoms with E-state index in [9.17, 15) is 9.59 Å². The molecule has 0 unspecified atom stereocenters. The summed E-state index contributed by atoms with van der Waals surface area (Å²) in [5.41, 5.74) is 3.05. The lowest BCUT2D eigenvalue weighted by Gasteiger charge is -2.22. The van der Waals surface area contributed by atoms with Crippen LogP contribution in [0.5, 0.6) is 0 Å². The van der Waals surface area contributed by atoms with Crippen LogP contribution in [-0.2, 0) is 23.1 Å². The first-order valence-electron chi connectivity index (χ1n) is 9.83. The van der Waals surface area contributed by atoms with Crippen LogP contribution in [0.25, 0.3) is 10.9 Å². The predicted molar refractivity (Wildman–Crippen MR) is 110 cm³/mol. The molecule has 1 fully saturated rings. The Morgan fingerprint density at radius 3 is 2.90 bits per heavy atom. The van der Waals surface area contributed by atoms with Crippen molar-refractivity contribution in [1.82, 2.24) is 30.7 Å². The van der Waals surface area contributed by atoms with E-state index in [4.69, 9.17) is 0 Å². The van der Waals surface area contributed by atoms with E-state index in [0.717, 1.165) is 28.6 Å². The molecule has 8 nitrogen and oxygen atoms in total. The Labute approximate surface area is 169 Å². The van der Waals surface area contributed by atoms with Gasteiger partial charge < -0.3 is 20.9 Å². The monoisotopic (exact) mass is 394 g/mol. The van der Waals surface area contributed by atoms with Crippen LogP contribution in [0.15, 0.2) is 42.9 Å². The number of hydrogen-bond donors (Lipinski definition) is 4. The molecule has 0 aliphatic carbocycles. The molecule has 2 aromatic heterocycles. The Kier molecular flexibility index (Phi) is 5.35. The number of aryl methyl sites for hydroxylation is 1. The number of fused-ring (bicyclic) bond motifs is 1. The van der Waals surface area contributed by atoms with Crippen LogP contribution >= 0.6 is 0 Å². The van der Waals surface area contributed by atoms with Gasteiger partial charge in [0.2, 0.25) is 11.8 Å². The quantitative estimate of drug-likeness (QED) is 0.494. The molecule has 152 valence electrons. The summed E-state index contributed by atoms with van der Waals surface area (Å²) in [6.07, 6.45) is 6.08. The van der Waals surface area contributed by atoms with E-state index in [1.54, 1.807) is 17.9 Å². The third-order valence-corrected chi connectivity index (χ3v) is 5.68. The Morgan fingerprint density at radius 1 is 1.31 bits per heavy atom. The third kappa shape index (κ3) is 3.88. The molecule has 4 N–H and O–H groups in total. The molecule has 1 aliphatic heterocycles. The van der Waals surface area contributed by atoms with Gasteiger partial charge in [0.05, 0.1) is 12.1 Å². The normalized spacial score (nSPS) is 19.9. The molecule has 0 radical (unpaired) electrons. The molecule has 4 rings (SSSR count). The van der Waals surface area contributed by atoms with Gasteiger partial charge in [-0.25, -0.2) is 0 Å². The highest BCUT2D eigenvalue weighted by Crippen LogP contribution is 2.28. The van der Waals surface area contributed by atoms with Crippen molar-refractivity contribution >= 4 is 22.7 Å². The Balaban J connectivity index is 1.52.